The zero-order chi connectivity index (χ0) is 19.9. The Morgan fingerprint density at radius 2 is 2.00 bits per heavy atom. The van der Waals surface area contributed by atoms with Crippen LogP contribution < -0.4 is 16.4 Å². The van der Waals surface area contributed by atoms with Crippen molar-refractivity contribution in [2.75, 3.05) is 23.7 Å². The van der Waals surface area contributed by atoms with E-state index in [9.17, 15) is 5.11 Å². The summed E-state index contributed by atoms with van der Waals surface area (Å²) in [6.45, 7) is 1.65. The van der Waals surface area contributed by atoms with Gasteiger partial charge in [-0.15, -0.1) is 0 Å². The van der Waals surface area contributed by atoms with Crippen molar-refractivity contribution >= 4 is 46.6 Å². The van der Waals surface area contributed by atoms with Crippen LogP contribution in [0.25, 0.3) is 0 Å². The lowest BCUT2D eigenvalue weighted by atomic mass is 9.74. The maximum absolute atomic E-state index is 9.97. The van der Waals surface area contributed by atoms with Gasteiger partial charge in [-0.2, -0.15) is 0 Å². The van der Waals surface area contributed by atoms with Gasteiger partial charge in [-0.3, -0.25) is 0 Å². The Kier molecular flexibility index (Phi) is 5.59. The Labute approximate surface area is 177 Å². The number of aromatic nitrogens is 3. The molecule has 2 aliphatic rings. The number of nitrogens with zero attached hydrogens (tertiary/aromatic N) is 4. The van der Waals surface area contributed by atoms with E-state index in [1.807, 2.05) is 0 Å². The van der Waals surface area contributed by atoms with Crippen LogP contribution in [0.15, 0.2) is 28.4 Å². The monoisotopic (exact) mass is 440 g/mol. The molecule has 2 unspecified atom stereocenters. The molecule has 3 heterocycles. The van der Waals surface area contributed by atoms with Crippen molar-refractivity contribution in [1.29, 1.82) is 0 Å². The fourth-order valence-electron chi connectivity index (χ4n) is 4.20. The van der Waals surface area contributed by atoms with Gasteiger partial charge >= 0.3 is 0 Å². The Bertz CT molecular complexity index is 877. The first-order valence-corrected chi connectivity index (χ1v) is 10.7. The summed E-state index contributed by atoms with van der Waals surface area (Å²) in [5, 5.41) is 11.2. The molecule has 4 rings (SSSR count). The highest BCUT2D eigenvalue weighted by Gasteiger charge is 2.46. The Balaban J connectivity index is 1.46. The van der Waals surface area contributed by atoms with E-state index >= 15 is 0 Å². The Morgan fingerprint density at radius 1 is 1.25 bits per heavy atom. The summed E-state index contributed by atoms with van der Waals surface area (Å²) in [5.74, 6) is 1.10. The van der Waals surface area contributed by atoms with Gasteiger partial charge < -0.3 is 21.5 Å². The number of nitrogens with two attached hydrogens (primary N) is 2. The summed E-state index contributed by atoms with van der Waals surface area (Å²) in [7, 11) is 0. The van der Waals surface area contributed by atoms with E-state index in [1.54, 1.807) is 18.5 Å². The minimum atomic E-state index is -0.276. The standard InChI is InChI=1S/C18H22Cl2N6OS/c19-14-11(1-4-23-15(14)20)28-17-16(22)25-13(9-24-17)26-5-2-18(3-6-26)8-10(27)7-12(18)21/h1,4,9-10,12,27H,2-3,5-8,21H2,(H2,22,25). The minimum absolute atomic E-state index is 0.0437. The van der Waals surface area contributed by atoms with E-state index in [4.69, 9.17) is 34.7 Å². The first-order chi connectivity index (χ1) is 13.4. The zero-order valence-corrected chi connectivity index (χ0v) is 17.5. The van der Waals surface area contributed by atoms with Crippen molar-refractivity contribution in [3.8, 4) is 0 Å². The van der Waals surface area contributed by atoms with Crippen LogP contribution in [-0.4, -0.2) is 45.3 Å². The summed E-state index contributed by atoms with van der Waals surface area (Å²) in [6.07, 6.45) is 6.41. The molecule has 1 spiro atoms. The number of piperidine rings is 1. The molecular formula is C18H22Cl2N6OS. The van der Waals surface area contributed by atoms with Crippen LogP contribution in [0, 0.1) is 5.41 Å². The average Bonchev–Trinajstić information content (AvgIpc) is 2.94. The molecule has 7 nitrogen and oxygen atoms in total. The molecule has 0 aromatic carbocycles. The number of aliphatic hydroxyl groups excluding tert-OH is 1. The summed E-state index contributed by atoms with van der Waals surface area (Å²) >= 11 is 13.5. The van der Waals surface area contributed by atoms with Crippen molar-refractivity contribution in [3.05, 3.63) is 28.6 Å². The smallest absolute Gasteiger partial charge is 0.158 e. The predicted octanol–water partition coefficient (Wildman–Crippen LogP) is 2.98. The predicted molar refractivity (Wildman–Crippen MR) is 112 cm³/mol. The zero-order valence-electron chi connectivity index (χ0n) is 15.2. The second-order valence-corrected chi connectivity index (χ2v) is 9.25. The number of hydrogen-bond acceptors (Lipinski definition) is 8. The van der Waals surface area contributed by atoms with E-state index in [-0.39, 0.29) is 22.7 Å². The van der Waals surface area contributed by atoms with Crippen LogP contribution >= 0.6 is 35.0 Å². The first kappa shape index (κ1) is 20.0. The van der Waals surface area contributed by atoms with Crippen LogP contribution in [0.1, 0.15) is 25.7 Å². The second kappa shape index (κ2) is 7.84. The minimum Gasteiger partial charge on any atom is -0.393 e. The molecule has 2 fully saturated rings. The van der Waals surface area contributed by atoms with Gasteiger partial charge in [0, 0.05) is 30.2 Å². The van der Waals surface area contributed by atoms with Crippen LogP contribution in [0.4, 0.5) is 11.6 Å². The van der Waals surface area contributed by atoms with E-state index < -0.39 is 0 Å². The molecule has 1 aliphatic heterocycles. The van der Waals surface area contributed by atoms with Gasteiger partial charge in [0.15, 0.2) is 5.82 Å². The number of hydrogen-bond donors (Lipinski definition) is 3. The lowest BCUT2D eigenvalue weighted by Crippen LogP contribution is -2.47. The summed E-state index contributed by atoms with van der Waals surface area (Å²) in [5.41, 5.74) is 12.5. The van der Waals surface area contributed by atoms with Crippen molar-refractivity contribution in [3.63, 3.8) is 0 Å². The summed E-state index contributed by atoms with van der Waals surface area (Å²) in [4.78, 5) is 15.9. The van der Waals surface area contributed by atoms with Crippen LogP contribution in [-0.2, 0) is 0 Å². The quantitative estimate of drug-likeness (QED) is 0.623. The van der Waals surface area contributed by atoms with Crippen molar-refractivity contribution in [2.24, 2.45) is 11.1 Å². The molecule has 150 valence electrons. The Morgan fingerprint density at radius 3 is 2.64 bits per heavy atom. The second-order valence-electron chi connectivity index (χ2n) is 7.48. The van der Waals surface area contributed by atoms with Gasteiger partial charge in [0.05, 0.1) is 17.3 Å². The van der Waals surface area contributed by atoms with Crippen LogP contribution in [0.3, 0.4) is 0 Å². The molecule has 0 bridgehead atoms. The molecular weight excluding hydrogens is 419 g/mol. The highest BCUT2D eigenvalue weighted by Crippen LogP contribution is 2.46. The van der Waals surface area contributed by atoms with Gasteiger partial charge in [0.25, 0.3) is 0 Å². The summed E-state index contributed by atoms with van der Waals surface area (Å²) in [6, 6.07) is 1.83. The third-order valence-electron chi connectivity index (χ3n) is 5.81. The van der Waals surface area contributed by atoms with Crippen molar-refractivity contribution in [2.45, 2.75) is 47.8 Å². The van der Waals surface area contributed by atoms with Crippen molar-refractivity contribution in [1.82, 2.24) is 15.0 Å². The molecule has 0 radical (unpaired) electrons. The Hall–Kier alpha value is -1.32. The largest absolute Gasteiger partial charge is 0.393 e. The highest BCUT2D eigenvalue weighted by molar-refractivity contribution is 7.99. The van der Waals surface area contributed by atoms with Gasteiger partial charge in [-0.1, -0.05) is 35.0 Å². The molecule has 1 saturated heterocycles. The molecule has 2 aromatic rings. The van der Waals surface area contributed by atoms with Gasteiger partial charge in [-0.05, 0) is 37.2 Å². The molecule has 0 amide bonds. The molecule has 1 aliphatic carbocycles. The maximum Gasteiger partial charge on any atom is 0.158 e. The fraction of sp³-hybridized carbons (Fsp3) is 0.500. The highest BCUT2D eigenvalue weighted by atomic mass is 35.5. The molecule has 28 heavy (non-hydrogen) atoms. The topological polar surface area (TPSA) is 114 Å². The van der Waals surface area contributed by atoms with Crippen LogP contribution in [0.5, 0.6) is 0 Å². The maximum atomic E-state index is 9.97. The van der Waals surface area contributed by atoms with E-state index in [0.717, 1.165) is 43.1 Å². The number of aliphatic hydroxyl groups is 1. The number of anilines is 2. The van der Waals surface area contributed by atoms with E-state index in [2.05, 4.69) is 19.9 Å². The van der Waals surface area contributed by atoms with Gasteiger partial charge in [0.1, 0.15) is 16.0 Å². The SMILES string of the molecule is Nc1nc(N2CCC3(CC2)CC(O)CC3N)cnc1Sc1ccnc(Cl)c1Cl. The number of rotatable bonds is 3. The van der Waals surface area contributed by atoms with E-state index in [1.165, 1.54) is 11.8 Å². The number of pyridine rings is 1. The molecule has 1 saturated carbocycles. The number of halogens is 2. The van der Waals surface area contributed by atoms with Crippen molar-refractivity contribution < 1.29 is 5.11 Å². The number of nitrogen functional groups attached to an aromatic ring is 1. The lowest BCUT2D eigenvalue weighted by molar-refractivity contribution is 0.141. The fourth-order valence-corrected chi connectivity index (χ4v) is 5.42. The molecule has 10 heteroatoms. The van der Waals surface area contributed by atoms with Gasteiger partial charge in [0.2, 0.25) is 0 Å². The average molecular weight is 441 g/mol. The van der Waals surface area contributed by atoms with Crippen LogP contribution in [0.2, 0.25) is 10.2 Å². The van der Waals surface area contributed by atoms with Gasteiger partial charge in [-0.25, -0.2) is 15.0 Å². The first-order valence-electron chi connectivity index (χ1n) is 9.17. The van der Waals surface area contributed by atoms with E-state index in [0.29, 0.717) is 22.3 Å². The molecule has 2 aromatic heterocycles. The summed E-state index contributed by atoms with van der Waals surface area (Å²) < 4.78 is 0. The normalized spacial score (nSPS) is 24.1. The molecule has 5 N–H and O–H groups in total. The molecule has 2 atom stereocenters. The third kappa shape index (κ3) is 3.76. The lowest BCUT2D eigenvalue weighted by Gasteiger charge is -2.42. The third-order valence-corrected chi connectivity index (χ3v) is 7.75.